The minimum Gasteiger partial charge on any atom is -0.275 e. The van der Waals surface area contributed by atoms with Crippen LogP contribution in [-0.4, -0.2) is 26.1 Å². The number of rotatable bonds is 5. The number of carbonyl (C=O) groups is 1. The normalized spacial score (nSPS) is 12.3. The van der Waals surface area contributed by atoms with E-state index in [4.69, 9.17) is 11.6 Å². The SMILES string of the molecule is Cc1cc(Cn2cc(C(=O)Cl)c(C(F)(F)C(F)(F)F)n2)ccc1[N+](=O)[O-]. The van der Waals surface area contributed by atoms with Crippen molar-refractivity contribution in [2.24, 2.45) is 0 Å². The Labute approximate surface area is 147 Å². The zero-order chi connectivity index (χ0) is 19.9. The van der Waals surface area contributed by atoms with Gasteiger partial charge in [-0.15, -0.1) is 0 Å². The van der Waals surface area contributed by atoms with Crippen LogP contribution >= 0.6 is 11.6 Å². The second kappa shape index (κ2) is 6.63. The molecule has 0 radical (unpaired) electrons. The van der Waals surface area contributed by atoms with Gasteiger partial charge < -0.3 is 0 Å². The topological polar surface area (TPSA) is 78.0 Å². The molecular weight excluding hydrogens is 389 g/mol. The number of nitrogens with zero attached hydrogens (tertiary/aromatic N) is 3. The smallest absolute Gasteiger partial charge is 0.275 e. The Balaban J connectivity index is 2.44. The van der Waals surface area contributed by atoms with Gasteiger partial charge in [0.05, 0.1) is 17.0 Å². The molecule has 2 aromatic rings. The van der Waals surface area contributed by atoms with Gasteiger partial charge >= 0.3 is 12.1 Å². The largest absolute Gasteiger partial charge is 0.459 e. The van der Waals surface area contributed by atoms with Crippen LogP contribution in [0.1, 0.15) is 27.2 Å². The van der Waals surface area contributed by atoms with Crippen LogP contribution in [0.5, 0.6) is 0 Å². The van der Waals surface area contributed by atoms with Gasteiger partial charge in [0.15, 0.2) is 5.69 Å². The lowest BCUT2D eigenvalue weighted by molar-refractivity contribution is -0.385. The van der Waals surface area contributed by atoms with E-state index in [0.717, 1.165) is 6.07 Å². The van der Waals surface area contributed by atoms with E-state index in [0.29, 0.717) is 16.4 Å². The molecule has 1 aromatic carbocycles. The average molecular weight is 398 g/mol. The summed E-state index contributed by atoms with van der Waals surface area (Å²) in [5.41, 5.74) is -2.47. The van der Waals surface area contributed by atoms with Crippen LogP contribution in [0, 0.1) is 17.0 Å². The van der Waals surface area contributed by atoms with E-state index in [1.54, 1.807) is 0 Å². The van der Waals surface area contributed by atoms with Gasteiger partial charge in [-0.3, -0.25) is 19.6 Å². The van der Waals surface area contributed by atoms with Crippen LogP contribution in [0.4, 0.5) is 27.6 Å². The van der Waals surface area contributed by atoms with E-state index in [2.05, 4.69) is 5.10 Å². The summed E-state index contributed by atoms with van der Waals surface area (Å²) in [5.74, 6) is -5.37. The van der Waals surface area contributed by atoms with Crippen LogP contribution in [0.2, 0.25) is 0 Å². The zero-order valence-electron chi connectivity index (χ0n) is 12.9. The van der Waals surface area contributed by atoms with Crippen molar-refractivity contribution >= 4 is 22.5 Å². The first-order chi connectivity index (χ1) is 11.8. The molecule has 12 heteroatoms. The molecule has 26 heavy (non-hydrogen) atoms. The van der Waals surface area contributed by atoms with Gasteiger partial charge in [0.2, 0.25) is 0 Å². The Morgan fingerprint density at radius 3 is 2.38 bits per heavy atom. The fraction of sp³-hybridized carbons (Fsp3) is 0.286. The number of nitro benzene ring substituents is 1. The molecule has 0 amide bonds. The highest BCUT2D eigenvalue weighted by Crippen LogP contribution is 2.44. The third-order valence-corrected chi connectivity index (χ3v) is 3.63. The molecule has 140 valence electrons. The van der Waals surface area contributed by atoms with Crippen LogP contribution < -0.4 is 0 Å². The number of hydrogen-bond donors (Lipinski definition) is 0. The van der Waals surface area contributed by atoms with E-state index < -0.39 is 33.5 Å². The second-order valence-corrected chi connectivity index (χ2v) is 5.66. The lowest BCUT2D eigenvalue weighted by Crippen LogP contribution is -2.35. The van der Waals surface area contributed by atoms with E-state index in [-0.39, 0.29) is 17.8 Å². The van der Waals surface area contributed by atoms with E-state index in [1.165, 1.54) is 19.1 Å². The summed E-state index contributed by atoms with van der Waals surface area (Å²) in [7, 11) is 0. The maximum Gasteiger partial charge on any atom is 0.459 e. The van der Waals surface area contributed by atoms with Crippen molar-refractivity contribution in [3.8, 4) is 0 Å². The highest BCUT2D eigenvalue weighted by molar-refractivity contribution is 6.67. The lowest BCUT2D eigenvalue weighted by Gasteiger charge is -2.18. The molecule has 0 spiro atoms. The summed E-state index contributed by atoms with van der Waals surface area (Å²) in [4.78, 5) is 21.4. The van der Waals surface area contributed by atoms with Crippen molar-refractivity contribution in [3.05, 3.63) is 56.9 Å². The predicted octanol–water partition coefficient (Wildman–Crippen LogP) is 4.18. The Kier molecular flexibility index (Phi) is 5.04. The van der Waals surface area contributed by atoms with Crippen molar-refractivity contribution < 1.29 is 31.7 Å². The summed E-state index contributed by atoms with van der Waals surface area (Å²) in [6.07, 6.45) is -5.29. The first-order valence-corrected chi connectivity index (χ1v) is 7.18. The number of nitro groups is 1. The van der Waals surface area contributed by atoms with Gasteiger partial charge in [0, 0.05) is 17.8 Å². The van der Waals surface area contributed by atoms with Crippen LogP contribution in [0.3, 0.4) is 0 Å². The molecule has 0 aliphatic rings. The minimum atomic E-state index is -5.96. The molecule has 1 aromatic heterocycles. The number of aryl methyl sites for hydroxylation is 1. The van der Waals surface area contributed by atoms with E-state index in [9.17, 15) is 36.9 Å². The van der Waals surface area contributed by atoms with E-state index in [1.807, 2.05) is 0 Å². The second-order valence-electron chi connectivity index (χ2n) is 5.31. The molecule has 0 saturated heterocycles. The fourth-order valence-electron chi connectivity index (χ4n) is 2.22. The summed E-state index contributed by atoms with van der Waals surface area (Å²) >= 11 is 5.09. The Bertz CT molecular complexity index is 879. The minimum absolute atomic E-state index is 0.185. The van der Waals surface area contributed by atoms with Crippen molar-refractivity contribution in [3.63, 3.8) is 0 Å². The van der Waals surface area contributed by atoms with Gasteiger partial charge in [0.1, 0.15) is 0 Å². The van der Waals surface area contributed by atoms with Crippen LogP contribution in [0.15, 0.2) is 24.4 Å². The Morgan fingerprint density at radius 2 is 1.92 bits per heavy atom. The molecule has 0 aliphatic heterocycles. The quantitative estimate of drug-likeness (QED) is 0.328. The molecule has 0 saturated carbocycles. The highest BCUT2D eigenvalue weighted by Gasteiger charge is 2.61. The fourth-order valence-corrected chi connectivity index (χ4v) is 2.36. The number of benzene rings is 1. The summed E-state index contributed by atoms with van der Waals surface area (Å²) in [5, 5.41) is 12.4. The molecular formula is C14H9ClF5N3O3. The van der Waals surface area contributed by atoms with Gasteiger partial charge in [-0.25, -0.2) is 0 Å². The van der Waals surface area contributed by atoms with Crippen molar-refractivity contribution in [2.45, 2.75) is 25.6 Å². The summed E-state index contributed by atoms with van der Waals surface area (Å²) in [6, 6.07) is 3.80. The van der Waals surface area contributed by atoms with Crippen molar-refractivity contribution in [1.29, 1.82) is 0 Å². The highest BCUT2D eigenvalue weighted by atomic mass is 35.5. The lowest BCUT2D eigenvalue weighted by atomic mass is 10.1. The van der Waals surface area contributed by atoms with Crippen LogP contribution in [0.25, 0.3) is 0 Å². The maximum atomic E-state index is 13.6. The number of alkyl halides is 5. The molecule has 0 aliphatic carbocycles. The van der Waals surface area contributed by atoms with E-state index >= 15 is 0 Å². The summed E-state index contributed by atoms with van der Waals surface area (Å²) < 4.78 is 65.5. The predicted molar refractivity (Wildman–Crippen MR) is 79.3 cm³/mol. The summed E-state index contributed by atoms with van der Waals surface area (Å²) in [6.45, 7) is 1.13. The number of carbonyl (C=O) groups excluding carboxylic acids is 1. The molecule has 1 heterocycles. The monoisotopic (exact) mass is 397 g/mol. The van der Waals surface area contributed by atoms with Crippen molar-refractivity contribution in [2.75, 3.05) is 0 Å². The van der Waals surface area contributed by atoms with Gasteiger partial charge in [0.25, 0.3) is 10.9 Å². The third-order valence-electron chi connectivity index (χ3n) is 3.43. The number of hydrogen-bond acceptors (Lipinski definition) is 4. The maximum absolute atomic E-state index is 13.6. The molecule has 6 nitrogen and oxygen atoms in total. The third kappa shape index (κ3) is 3.66. The Morgan fingerprint density at radius 1 is 1.31 bits per heavy atom. The van der Waals surface area contributed by atoms with Gasteiger partial charge in [-0.2, -0.15) is 27.1 Å². The molecule has 0 atom stereocenters. The molecule has 0 N–H and O–H groups in total. The molecule has 2 rings (SSSR count). The number of halogens is 6. The van der Waals surface area contributed by atoms with Crippen LogP contribution in [-0.2, 0) is 12.5 Å². The van der Waals surface area contributed by atoms with Gasteiger partial charge in [-0.05, 0) is 30.2 Å². The Hall–Kier alpha value is -2.56. The first kappa shape index (κ1) is 19.8. The molecule has 0 unspecified atom stereocenters. The molecule has 0 fully saturated rings. The van der Waals surface area contributed by atoms with Gasteiger partial charge in [-0.1, -0.05) is 6.07 Å². The first-order valence-electron chi connectivity index (χ1n) is 6.81. The standard InChI is InChI=1S/C14H9ClF5N3O3/c1-7-4-8(2-3-10(7)23(25)26)5-22-6-9(12(15)24)11(21-22)13(16,17)14(18,19)20/h2-4,6H,5H2,1H3. The number of aromatic nitrogens is 2. The molecule has 0 bridgehead atoms. The zero-order valence-corrected chi connectivity index (χ0v) is 13.6. The van der Waals surface area contributed by atoms with Crippen molar-refractivity contribution in [1.82, 2.24) is 9.78 Å². The average Bonchev–Trinajstić information content (AvgIpc) is 2.90.